The molecule has 126 valence electrons. The van der Waals surface area contributed by atoms with Crippen LogP contribution in [0.2, 0.25) is 0 Å². The molecule has 1 aliphatic rings. The number of nitrogens with one attached hydrogen (secondary N) is 1. The highest BCUT2D eigenvalue weighted by Crippen LogP contribution is 2.36. The lowest BCUT2D eigenvalue weighted by Crippen LogP contribution is -2.41. The topological polar surface area (TPSA) is 15.3 Å². The summed E-state index contributed by atoms with van der Waals surface area (Å²) in [6.45, 7) is 4.75. The van der Waals surface area contributed by atoms with E-state index in [1.807, 2.05) is 24.3 Å². The summed E-state index contributed by atoms with van der Waals surface area (Å²) < 4.78 is 13.8. The third-order valence-corrected chi connectivity index (χ3v) is 5.01. The van der Waals surface area contributed by atoms with Gasteiger partial charge in [0.15, 0.2) is 5.11 Å². The van der Waals surface area contributed by atoms with Crippen molar-refractivity contribution in [2.45, 2.75) is 39.3 Å². The van der Waals surface area contributed by atoms with Crippen LogP contribution < -0.4 is 5.32 Å². The van der Waals surface area contributed by atoms with E-state index >= 15 is 0 Å². The molecule has 0 amide bonds. The van der Waals surface area contributed by atoms with E-state index in [0.717, 1.165) is 6.54 Å². The van der Waals surface area contributed by atoms with Crippen molar-refractivity contribution >= 4 is 23.0 Å². The first-order valence-electron chi connectivity index (χ1n) is 8.42. The molecule has 1 fully saturated rings. The summed E-state index contributed by atoms with van der Waals surface area (Å²) in [7, 11) is 0. The van der Waals surface area contributed by atoms with Crippen molar-refractivity contribution < 1.29 is 4.39 Å². The number of benzene rings is 2. The monoisotopic (exact) mass is 342 g/mol. The van der Waals surface area contributed by atoms with Gasteiger partial charge in [-0.3, -0.25) is 0 Å². The van der Waals surface area contributed by atoms with Gasteiger partial charge in [-0.2, -0.15) is 0 Å². The molecule has 1 atom stereocenters. The number of rotatable bonds is 5. The SMILES string of the molecule is Cc1ccc(NC(=S)N(Cc2ccccc2)[C@H](C)C2CC2)cc1F. The van der Waals surface area contributed by atoms with Gasteiger partial charge in [-0.25, -0.2) is 4.39 Å². The highest BCUT2D eigenvalue weighted by molar-refractivity contribution is 7.80. The molecule has 0 unspecified atom stereocenters. The number of thiocarbonyl (C=S) groups is 1. The van der Waals surface area contributed by atoms with E-state index < -0.39 is 0 Å². The molecule has 0 spiro atoms. The van der Waals surface area contributed by atoms with Gasteiger partial charge in [-0.15, -0.1) is 0 Å². The zero-order valence-electron chi connectivity index (χ0n) is 14.1. The lowest BCUT2D eigenvalue weighted by atomic mass is 10.1. The maximum atomic E-state index is 13.8. The van der Waals surface area contributed by atoms with Crippen LogP contribution >= 0.6 is 12.2 Å². The Morgan fingerprint density at radius 2 is 1.96 bits per heavy atom. The maximum absolute atomic E-state index is 13.8. The minimum Gasteiger partial charge on any atom is -0.342 e. The average molecular weight is 342 g/mol. The molecule has 1 aliphatic carbocycles. The van der Waals surface area contributed by atoms with Crippen molar-refractivity contribution in [3.8, 4) is 0 Å². The summed E-state index contributed by atoms with van der Waals surface area (Å²) in [4.78, 5) is 2.22. The number of hydrogen-bond acceptors (Lipinski definition) is 1. The summed E-state index contributed by atoms with van der Waals surface area (Å²) in [5.74, 6) is 0.482. The third kappa shape index (κ3) is 4.12. The maximum Gasteiger partial charge on any atom is 0.173 e. The van der Waals surface area contributed by atoms with Gasteiger partial charge in [-0.1, -0.05) is 36.4 Å². The lowest BCUT2D eigenvalue weighted by molar-refractivity contribution is 0.298. The van der Waals surface area contributed by atoms with Crippen LogP contribution in [0.5, 0.6) is 0 Å². The highest BCUT2D eigenvalue weighted by Gasteiger charge is 2.33. The molecular weight excluding hydrogens is 319 g/mol. The fourth-order valence-corrected chi connectivity index (χ4v) is 3.23. The quantitative estimate of drug-likeness (QED) is 0.758. The average Bonchev–Trinajstić information content (AvgIpc) is 3.41. The molecule has 2 aromatic rings. The van der Waals surface area contributed by atoms with Crippen molar-refractivity contribution in [1.82, 2.24) is 4.90 Å². The number of aryl methyl sites for hydroxylation is 1. The fourth-order valence-electron chi connectivity index (χ4n) is 2.88. The van der Waals surface area contributed by atoms with Crippen LogP contribution in [0.3, 0.4) is 0 Å². The van der Waals surface area contributed by atoms with Gasteiger partial charge in [0.1, 0.15) is 5.82 Å². The Morgan fingerprint density at radius 3 is 2.58 bits per heavy atom. The molecule has 0 heterocycles. The Balaban J connectivity index is 1.76. The van der Waals surface area contributed by atoms with E-state index in [0.29, 0.717) is 28.3 Å². The van der Waals surface area contributed by atoms with Crippen LogP contribution in [0.25, 0.3) is 0 Å². The van der Waals surface area contributed by atoms with E-state index in [4.69, 9.17) is 12.2 Å². The van der Waals surface area contributed by atoms with Crippen molar-refractivity contribution in [3.05, 3.63) is 65.5 Å². The zero-order valence-corrected chi connectivity index (χ0v) is 14.9. The van der Waals surface area contributed by atoms with E-state index in [2.05, 4.69) is 29.3 Å². The standard InChI is InChI=1S/C20H23FN2S/c1-14-8-11-18(12-19(14)21)22-20(24)23(15(2)17-9-10-17)13-16-6-4-3-5-7-16/h3-8,11-12,15,17H,9-10,13H2,1-2H3,(H,22,24)/t15-/m1/s1. The number of halogens is 1. The van der Waals surface area contributed by atoms with E-state index in [1.165, 1.54) is 24.5 Å². The van der Waals surface area contributed by atoms with Crippen molar-refractivity contribution in [2.75, 3.05) is 5.32 Å². The van der Waals surface area contributed by atoms with Gasteiger partial charge in [-0.05, 0) is 68.1 Å². The molecule has 0 aliphatic heterocycles. The minimum absolute atomic E-state index is 0.215. The Labute approximate surface area is 148 Å². The van der Waals surface area contributed by atoms with Crippen LogP contribution in [0.15, 0.2) is 48.5 Å². The molecule has 2 nitrogen and oxygen atoms in total. The largest absolute Gasteiger partial charge is 0.342 e. The molecule has 3 rings (SSSR count). The summed E-state index contributed by atoms with van der Waals surface area (Å²) in [5, 5.41) is 3.87. The predicted octanol–water partition coefficient (Wildman–Crippen LogP) is 5.13. The molecule has 24 heavy (non-hydrogen) atoms. The van der Waals surface area contributed by atoms with Crippen molar-refractivity contribution in [2.24, 2.45) is 5.92 Å². The van der Waals surface area contributed by atoms with Crippen LogP contribution in [0.1, 0.15) is 30.9 Å². The van der Waals surface area contributed by atoms with E-state index in [1.54, 1.807) is 13.0 Å². The lowest BCUT2D eigenvalue weighted by Gasteiger charge is -2.32. The molecule has 0 bridgehead atoms. The molecular formula is C20H23FN2S. The number of hydrogen-bond donors (Lipinski definition) is 1. The second-order valence-electron chi connectivity index (χ2n) is 6.59. The highest BCUT2D eigenvalue weighted by atomic mass is 32.1. The predicted molar refractivity (Wildman–Crippen MR) is 102 cm³/mol. The van der Waals surface area contributed by atoms with Gasteiger partial charge in [0.25, 0.3) is 0 Å². The fraction of sp³-hybridized carbons (Fsp3) is 0.350. The molecule has 0 radical (unpaired) electrons. The van der Waals surface area contributed by atoms with Gasteiger partial charge < -0.3 is 10.2 Å². The molecule has 0 saturated heterocycles. The molecule has 1 saturated carbocycles. The van der Waals surface area contributed by atoms with E-state index in [9.17, 15) is 4.39 Å². The first-order valence-corrected chi connectivity index (χ1v) is 8.83. The third-order valence-electron chi connectivity index (χ3n) is 4.68. The Bertz CT molecular complexity index is 713. The van der Waals surface area contributed by atoms with Crippen molar-refractivity contribution in [1.29, 1.82) is 0 Å². The Kier molecular flexibility index (Phi) is 5.14. The first-order chi connectivity index (χ1) is 11.5. The normalized spacial score (nSPS) is 15.0. The second-order valence-corrected chi connectivity index (χ2v) is 6.97. The summed E-state index contributed by atoms with van der Waals surface area (Å²) in [5.41, 5.74) is 2.56. The first kappa shape index (κ1) is 16.9. The van der Waals surface area contributed by atoms with Gasteiger partial charge in [0.05, 0.1) is 0 Å². The van der Waals surface area contributed by atoms with Crippen LogP contribution in [0.4, 0.5) is 10.1 Å². The number of anilines is 1. The van der Waals surface area contributed by atoms with Crippen LogP contribution in [-0.4, -0.2) is 16.1 Å². The number of nitrogens with zero attached hydrogens (tertiary/aromatic N) is 1. The van der Waals surface area contributed by atoms with Gasteiger partial charge in [0.2, 0.25) is 0 Å². The van der Waals surface area contributed by atoms with Gasteiger partial charge >= 0.3 is 0 Å². The van der Waals surface area contributed by atoms with Crippen LogP contribution in [0, 0.1) is 18.7 Å². The van der Waals surface area contributed by atoms with Gasteiger partial charge in [0, 0.05) is 18.3 Å². The molecule has 2 aromatic carbocycles. The van der Waals surface area contributed by atoms with E-state index in [-0.39, 0.29) is 5.82 Å². The summed E-state index contributed by atoms with van der Waals surface area (Å²) >= 11 is 5.65. The minimum atomic E-state index is -0.215. The van der Waals surface area contributed by atoms with Crippen LogP contribution in [-0.2, 0) is 6.54 Å². The molecule has 0 aromatic heterocycles. The Hall–Kier alpha value is -1.94. The zero-order chi connectivity index (χ0) is 17.1. The summed E-state index contributed by atoms with van der Waals surface area (Å²) in [6.07, 6.45) is 2.52. The molecule has 4 heteroatoms. The molecule has 1 N–H and O–H groups in total. The smallest absolute Gasteiger partial charge is 0.173 e. The Morgan fingerprint density at radius 1 is 1.25 bits per heavy atom. The summed E-state index contributed by atoms with van der Waals surface area (Å²) in [6, 6.07) is 15.8. The second kappa shape index (κ2) is 7.31. The van der Waals surface area contributed by atoms with Crippen molar-refractivity contribution in [3.63, 3.8) is 0 Å².